The summed E-state index contributed by atoms with van der Waals surface area (Å²) in [5.41, 5.74) is 1.15. The molecule has 1 aliphatic rings. The Balaban J connectivity index is 1.84. The Labute approximate surface area is 160 Å². The number of rotatable bonds is 6. The number of hydrogen-bond acceptors (Lipinski definition) is 5. The van der Waals surface area contributed by atoms with E-state index in [9.17, 15) is 0 Å². The smallest absolute Gasteiger partial charge is 0.156 e. The maximum atomic E-state index is 4.99. The fourth-order valence-corrected chi connectivity index (χ4v) is 3.71. The van der Waals surface area contributed by atoms with Crippen LogP contribution in [0.25, 0.3) is 5.82 Å². The molecule has 0 N–H and O–H groups in total. The quantitative estimate of drug-likeness (QED) is 0.672. The standard InChI is InChI=1S/C21H26N6/c1-16(2)14-18-24-21(27(25-18)19-9-3-4-11-23-19)20(26-12-5-6-13-26)17-8-7-10-22-15-17/h3-4,7-11,15-16,20H,5-6,12-14H2,1-2H3. The molecule has 3 aromatic rings. The molecule has 0 amide bonds. The minimum Gasteiger partial charge on any atom is -0.290 e. The lowest BCUT2D eigenvalue weighted by molar-refractivity contribution is 0.268. The highest BCUT2D eigenvalue weighted by molar-refractivity contribution is 5.29. The van der Waals surface area contributed by atoms with Gasteiger partial charge in [0.1, 0.15) is 0 Å². The van der Waals surface area contributed by atoms with Gasteiger partial charge < -0.3 is 0 Å². The molecule has 1 unspecified atom stereocenters. The summed E-state index contributed by atoms with van der Waals surface area (Å²) in [6, 6.07) is 10.1. The Bertz CT molecular complexity index is 853. The second-order valence-corrected chi connectivity index (χ2v) is 7.52. The molecule has 0 bridgehead atoms. The van der Waals surface area contributed by atoms with Crippen molar-refractivity contribution in [3.63, 3.8) is 0 Å². The van der Waals surface area contributed by atoms with Gasteiger partial charge in [-0.1, -0.05) is 26.0 Å². The predicted molar refractivity (Wildman–Crippen MR) is 105 cm³/mol. The van der Waals surface area contributed by atoms with Crippen LogP contribution in [0.2, 0.25) is 0 Å². The zero-order valence-corrected chi connectivity index (χ0v) is 16.0. The minimum absolute atomic E-state index is 0.0385. The molecule has 6 heteroatoms. The van der Waals surface area contributed by atoms with Crippen molar-refractivity contribution in [3.8, 4) is 5.82 Å². The summed E-state index contributed by atoms with van der Waals surface area (Å²) in [7, 11) is 0. The topological polar surface area (TPSA) is 59.7 Å². The van der Waals surface area contributed by atoms with Crippen molar-refractivity contribution < 1.29 is 0 Å². The fraction of sp³-hybridized carbons (Fsp3) is 0.429. The van der Waals surface area contributed by atoms with E-state index in [0.29, 0.717) is 5.92 Å². The molecule has 4 heterocycles. The third-order valence-corrected chi connectivity index (χ3v) is 4.88. The number of nitrogens with zero attached hydrogens (tertiary/aromatic N) is 6. The molecular formula is C21H26N6. The molecule has 1 saturated heterocycles. The van der Waals surface area contributed by atoms with Gasteiger partial charge in [0.05, 0.1) is 6.04 Å². The van der Waals surface area contributed by atoms with E-state index in [1.807, 2.05) is 41.3 Å². The minimum atomic E-state index is 0.0385. The van der Waals surface area contributed by atoms with E-state index in [1.165, 1.54) is 12.8 Å². The molecule has 0 spiro atoms. The van der Waals surface area contributed by atoms with Crippen molar-refractivity contribution in [2.75, 3.05) is 13.1 Å². The summed E-state index contributed by atoms with van der Waals surface area (Å²) in [4.78, 5) is 16.4. The van der Waals surface area contributed by atoms with Gasteiger partial charge in [0.2, 0.25) is 0 Å². The lowest BCUT2D eigenvalue weighted by Gasteiger charge is -2.27. The summed E-state index contributed by atoms with van der Waals surface area (Å²) in [6.45, 7) is 6.52. The molecule has 1 atom stereocenters. The third kappa shape index (κ3) is 3.90. The summed E-state index contributed by atoms with van der Waals surface area (Å²) in [5.74, 6) is 3.11. The van der Waals surface area contributed by atoms with Crippen molar-refractivity contribution in [1.82, 2.24) is 29.6 Å². The third-order valence-electron chi connectivity index (χ3n) is 4.88. The van der Waals surface area contributed by atoms with Crippen molar-refractivity contribution in [2.24, 2.45) is 5.92 Å². The Morgan fingerprint density at radius 3 is 2.56 bits per heavy atom. The first-order valence-corrected chi connectivity index (χ1v) is 9.73. The zero-order valence-electron chi connectivity index (χ0n) is 16.0. The van der Waals surface area contributed by atoms with Crippen molar-refractivity contribution >= 4 is 0 Å². The fourth-order valence-electron chi connectivity index (χ4n) is 3.71. The van der Waals surface area contributed by atoms with Gasteiger partial charge in [-0.25, -0.2) is 9.97 Å². The Hall–Kier alpha value is -2.60. The summed E-state index contributed by atoms with van der Waals surface area (Å²) in [6.07, 6.45) is 8.85. The average molecular weight is 362 g/mol. The molecule has 0 aromatic carbocycles. The van der Waals surface area contributed by atoms with Gasteiger partial charge in [-0.05, 0) is 55.6 Å². The first-order valence-electron chi connectivity index (χ1n) is 9.73. The van der Waals surface area contributed by atoms with E-state index in [-0.39, 0.29) is 6.04 Å². The number of hydrogen-bond donors (Lipinski definition) is 0. The molecule has 4 rings (SSSR count). The molecule has 140 valence electrons. The number of pyridine rings is 2. The van der Waals surface area contributed by atoms with Gasteiger partial charge in [0.15, 0.2) is 17.5 Å². The van der Waals surface area contributed by atoms with E-state index in [0.717, 1.165) is 42.5 Å². The second-order valence-electron chi connectivity index (χ2n) is 7.52. The Morgan fingerprint density at radius 2 is 1.89 bits per heavy atom. The summed E-state index contributed by atoms with van der Waals surface area (Å²) < 4.78 is 1.92. The van der Waals surface area contributed by atoms with Crippen LogP contribution in [0, 0.1) is 5.92 Å². The molecular weight excluding hydrogens is 336 g/mol. The van der Waals surface area contributed by atoms with Crippen molar-refractivity contribution in [1.29, 1.82) is 0 Å². The van der Waals surface area contributed by atoms with Gasteiger partial charge >= 0.3 is 0 Å². The second kappa shape index (κ2) is 7.96. The van der Waals surface area contributed by atoms with Crippen LogP contribution in [0.1, 0.15) is 49.9 Å². The van der Waals surface area contributed by atoms with E-state index >= 15 is 0 Å². The largest absolute Gasteiger partial charge is 0.290 e. The zero-order chi connectivity index (χ0) is 18.6. The maximum Gasteiger partial charge on any atom is 0.156 e. The van der Waals surface area contributed by atoms with E-state index in [1.54, 1.807) is 6.20 Å². The highest BCUT2D eigenvalue weighted by Gasteiger charge is 2.31. The molecule has 27 heavy (non-hydrogen) atoms. The van der Waals surface area contributed by atoms with Crippen LogP contribution in [-0.2, 0) is 6.42 Å². The normalized spacial score (nSPS) is 16.1. The maximum absolute atomic E-state index is 4.99. The van der Waals surface area contributed by atoms with Crippen molar-refractivity contribution in [3.05, 3.63) is 66.1 Å². The van der Waals surface area contributed by atoms with Crippen LogP contribution in [0.4, 0.5) is 0 Å². The first kappa shape index (κ1) is 17.8. The lowest BCUT2D eigenvalue weighted by Crippen LogP contribution is -2.29. The lowest BCUT2D eigenvalue weighted by atomic mass is 10.1. The number of aromatic nitrogens is 5. The van der Waals surface area contributed by atoms with Crippen LogP contribution in [0.15, 0.2) is 48.9 Å². The molecule has 1 fully saturated rings. The van der Waals surface area contributed by atoms with Gasteiger partial charge in [-0.15, -0.1) is 5.10 Å². The van der Waals surface area contributed by atoms with E-state index < -0.39 is 0 Å². The Kier molecular flexibility index (Phi) is 5.25. The van der Waals surface area contributed by atoms with E-state index in [4.69, 9.17) is 10.1 Å². The van der Waals surface area contributed by atoms with Crippen LogP contribution in [-0.4, -0.2) is 42.7 Å². The van der Waals surface area contributed by atoms with Crippen LogP contribution in [0.3, 0.4) is 0 Å². The highest BCUT2D eigenvalue weighted by Crippen LogP contribution is 2.31. The first-order chi connectivity index (χ1) is 13.2. The van der Waals surface area contributed by atoms with Crippen LogP contribution < -0.4 is 0 Å². The monoisotopic (exact) mass is 362 g/mol. The molecule has 6 nitrogen and oxygen atoms in total. The Morgan fingerprint density at radius 1 is 1.04 bits per heavy atom. The molecule has 0 saturated carbocycles. The van der Waals surface area contributed by atoms with Gasteiger partial charge in [0, 0.05) is 25.0 Å². The highest BCUT2D eigenvalue weighted by atomic mass is 15.4. The van der Waals surface area contributed by atoms with Crippen LogP contribution in [0.5, 0.6) is 0 Å². The average Bonchev–Trinajstić information content (AvgIpc) is 3.34. The van der Waals surface area contributed by atoms with Gasteiger partial charge in [0.25, 0.3) is 0 Å². The molecule has 0 radical (unpaired) electrons. The van der Waals surface area contributed by atoms with Gasteiger partial charge in [-0.2, -0.15) is 4.68 Å². The number of likely N-dealkylation sites (tertiary alicyclic amines) is 1. The molecule has 0 aliphatic carbocycles. The predicted octanol–water partition coefficient (Wildman–Crippen LogP) is 3.44. The molecule has 3 aromatic heterocycles. The molecule has 1 aliphatic heterocycles. The SMILES string of the molecule is CC(C)Cc1nc(C(c2cccnc2)N2CCCC2)n(-c2ccccn2)n1. The van der Waals surface area contributed by atoms with Crippen LogP contribution >= 0.6 is 0 Å². The van der Waals surface area contributed by atoms with Crippen molar-refractivity contribution in [2.45, 2.75) is 39.2 Å². The summed E-state index contributed by atoms with van der Waals surface area (Å²) in [5, 5.41) is 4.83. The van der Waals surface area contributed by atoms with E-state index in [2.05, 4.69) is 34.8 Å². The summed E-state index contributed by atoms with van der Waals surface area (Å²) >= 11 is 0. The van der Waals surface area contributed by atoms with Gasteiger partial charge in [-0.3, -0.25) is 9.88 Å².